The minimum atomic E-state index is -1.63. The molecule has 1 unspecified atom stereocenters. The Bertz CT molecular complexity index is 156. The lowest BCUT2D eigenvalue weighted by molar-refractivity contribution is -0.143. The number of rotatable bonds is 0. The van der Waals surface area contributed by atoms with Crippen LogP contribution in [0.1, 0.15) is 6.92 Å². The van der Waals surface area contributed by atoms with Gasteiger partial charge in [-0.25, -0.2) is 0 Å². The Kier molecular flexibility index (Phi) is 1.43. The summed E-state index contributed by atoms with van der Waals surface area (Å²) in [6, 6.07) is 0. The fraction of sp³-hybridized carbons (Fsp3) is 0.429. The van der Waals surface area contributed by atoms with Gasteiger partial charge in [-0.05, 0) is 6.08 Å². The van der Waals surface area contributed by atoms with Gasteiger partial charge in [-0.15, -0.1) is 0 Å². The average Bonchev–Trinajstić information content (AvgIpc) is 1.77. The van der Waals surface area contributed by atoms with Crippen LogP contribution in [0, 0.1) is 5.92 Å². The minimum Gasteiger partial charge on any atom is -0.362 e. The Balaban J connectivity index is 2.78. The molecule has 9 heavy (non-hydrogen) atoms. The largest absolute Gasteiger partial charge is 0.362 e. The van der Waals surface area contributed by atoms with Crippen LogP contribution in [0.2, 0.25) is 0 Å². The van der Waals surface area contributed by atoms with Crippen LogP contribution in [0.5, 0.6) is 0 Å². The fourth-order valence-electron chi connectivity index (χ4n) is 0.721. The Morgan fingerprint density at radius 1 is 1.33 bits per heavy atom. The van der Waals surface area contributed by atoms with Crippen molar-refractivity contribution in [2.75, 3.05) is 0 Å². The zero-order valence-electron chi connectivity index (χ0n) is 5.28. The van der Waals surface area contributed by atoms with Crippen molar-refractivity contribution >= 4 is 0 Å². The maximum atomic E-state index is 9.06. The van der Waals surface area contributed by atoms with E-state index in [1.165, 1.54) is 6.08 Å². The van der Waals surface area contributed by atoms with Crippen LogP contribution in [0.25, 0.3) is 0 Å². The first-order valence-corrected chi connectivity index (χ1v) is 2.94. The quantitative estimate of drug-likeness (QED) is 0.462. The Morgan fingerprint density at radius 3 is 2.33 bits per heavy atom. The van der Waals surface area contributed by atoms with Gasteiger partial charge in [0.1, 0.15) is 0 Å². The summed E-state index contributed by atoms with van der Waals surface area (Å²) in [5, 5.41) is 18.1. The van der Waals surface area contributed by atoms with E-state index in [1.807, 2.05) is 0 Å². The van der Waals surface area contributed by atoms with E-state index < -0.39 is 5.79 Å². The van der Waals surface area contributed by atoms with Crippen LogP contribution < -0.4 is 0 Å². The van der Waals surface area contributed by atoms with E-state index >= 15 is 0 Å². The van der Waals surface area contributed by atoms with Crippen molar-refractivity contribution < 1.29 is 10.2 Å². The topological polar surface area (TPSA) is 40.5 Å². The van der Waals surface area contributed by atoms with Crippen LogP contribution in [0.15, 0.2) is 24.3 Å². The van der Waals surface area contributed by atoms with E-state index in [-0.39, 0.29) is 5.92 Å². The highest BCUT2D eigenvalue weighted by molar-refractivity contribution is 5.16. The van der Waals surface area contributed by atoms with Gasteiger partial charge in [0.05, 0.1) is 0 Å². The molecule has 0 heterocycles. The Labute approximate surface area is 54.1 Å². The van der Waals surface area contributed by atoms with Crippen LogP contribution in [-0.4, -0.2) is 16.0 Å². The summed E-state index contributed by atoms with van der Waals surface area (Å²) in [4.78, 5) is 0. The maximum Gasteiger partial charge on any atom is 0.189 e. The first-order valence-electron chi connectivity index (χ1n) is 2.94. The molecule has 50 valence electrons. The second kappa shape index (κ2) is 1.97. The molecule has 2 nitrogen and oxygen atoms in total. The maximum absolute atomic E-state index is 9.06. The first-order chi connectivity index (χ1) is 4.13. The van der Waals surface area contributed by atoms with Crippen molar-refractivity contribution in [3.63, 3.8) is 0 Å². The molecule has 0 spiro atoms. The third-order valence-corrected chi connectivity index (χ3v) is 1.52. The van der Waals surface area contributed by atoms with Crippen LogP contribution in [-0.2, 0) is 0 Å². The highest BCUT2D eigenvalue weighted by atomic mass is 16.5. The summed E-state index contributed by atoms with van der Waals surface area (Å²) in [6.45, 7) is 1.75. The van der Waals surface area contributed by atoms with Crippen molar-refractivity contribution in [1.82, 2.24) is 0 Å². The van der Waals surface area contributed by atoms with Crippen LogP contribution in [0.4, 0.5) is 0 Å². The second-order valence-electron chi connectivity index (χ2n) is 2.32. The molecule has 0 aromatic carbocycles. The highest BCUT2D eigenvalue weighted by Crippen LogP contribution is 2.20. The SMILES string of the molecule is CC1C=CC=CC1(O)O. The number of aliphatic hydroxyl groups is 2. The Morgan fingerprint density at radius 2 is 2.00 bits per heavy atom. The molecular weight excluding hydrogens is 116 g/mol. The Hall–Kier alpha value is -0.600. The van der Waals surface area contributed by atoms with E-state index in [0.29, 0.717) is 0 Å². The van der Waals surface area contributed by atoms with Gasteiger partial charge in [-0.1, -0.05) is 25.2 Å². The predicted molar refractivity (Wildman–Crippen MR) is 34.6 cm³/mol. The molecule has 1 atom stereocenters. The van der Waals surface area contributed by atoms with Crippen LogP contribution >= 0.6 is 0 Å². The van der Waals surface area contributed by atoms with Crippen molar-refractivity contribution in [1.29, 1.82) is 0 Å². The van der Waals surface area contributed by atoms with E-state index in [2.05, 4.69) is 0 Å². The van der Waals surface area contributed by atoms with Gasteiger partial charge in [0.2, 0.25) is 0 Å². The van der Waals surface area contributed by atoms with Gasteiger partial charge in [0.25, 0.3) is 0 Å². The molecule has 1 aliphatic carbocycles. The molecule has 0 bridgehead atoms. The van der Waals surface area contributed by atoms with Crippen molar-refractivity contribution in [3.05, 3.63) is 24.3 Å². The molecule has 0 aliphatic heterocycles. The monoisotopic (exact) mass is 126 g/mol. The lowest BCUT2D eigenvalue weighted by atomic mass is 9.96. The van der Waals surface area contributed by atoms with E-state index in [0.717, 1.165) is 0 Å². The van der Waals surface area contributed by atoms with E-state index in [4.69, 9.17) is 10.2 Å². The normalized spacial score (nSPS) is 30.8. The first kappa shape index (κ1) is 6.52. The molecule has 0 aromatic heterocycles. The molecule has 1 rings (SSSR count). The summed E-state index contributed by atoms with van der Waals surface area (Å²) in [5.74, 6) is -1.84. The predicted octanol–water partition coefficient (Wildman–Crippen LogP) is 0.429. The third kappa shape index (κ3) is 1.20. The van der Waals surface area contributed by atoms with Crippen molar-refractivity contribution in [2.45, 2.75) is 12.7 Å². The summed E-state index contributed by atoms with van der Waals surface area (Å²) in [7, 11) is 0. The van der Waals surface area contributed by atoms with Gasteiger partial charge in [0.15, 0.2) is 5.79 Å². The third-order valence-electron chi connectivity index (χ3n) is 1.52. The molecule has 2 heteroatoms. The van der Waals surface area contributed by atoms with Crippen molar-refractivity contribution in [3.8, 4) is 0 Å². The molecule has 0 saturated carbocycles. The molecular formula is C7H10O2. The summed E-state index contributed by atoms with van der Waals surface area (Å²) < 4.78 is 0. The van der Waals surface area contributed by atoms with Gasteiger partial charge >= 0.3 is 0 Å². The minimum absolute atomic E-state index is 0.206. The summed E-state index contributed by atoms with van der Waals surface area (Å²) in [5.41, 5.74) is 0. The zero-order chi connectivity index (χ0) is 6.91. The number of hydrogen-bond donors (Lipinski definition) is 2. The van der Waals surface area contributed by atoms with E-state index in [1.54, 1.807) is 25.2 Å². The lowest BCUT2D eigenvalue weighted by Crippen LogP contribution is -2.33. The molecule has 2 N–H and O–H groups in total. The zero-order valence-corrected chi connectivity index (χ0v) is 5.28. The second-order valence-corrected chi connectivity index (χ2v) is 2.32. The summed E-state index contributed by atoms with van der Waals surface area (Å²) >= 11 is 0. The molecule has 1 aliphatic rings. The van der Waals surface area contributed by atoms with Crippen molar-refractivity contribution in [2.24, 2.45) is 5.92 Å². The van der Waals surface area contributed by atoms with E-state index in [9.17, 15) is 0 Å². The van der Waals surface area contributed by atoms with Gasteiger partial charge in [0, 0.05) is 5.92 Å². The standard InChI is InChI=1S/C7H10O2/c1-6-4-2-3-5-7(6,8)9/h2-6,8-9H,1H3. The number of hydrogen-bond acceptors (Lipinski definition) is 2. The molecule has 0 saturated heterocycles. The lowest BCUT2D eigenvalue weighted by Gasteiger charge is -2.24. The fourth-order valence-corrected chi connectivity index (χ4v) is 0.721. The molecule has 0 amide bonds. The van der Waals surface area contributed by atoms with Crippen LogP contribution in [0.3, 0.4) is 0 Å². The average molecular weight is 126 g/mol. The van der Waals surface area contributed by atoms with Gasteiger partial charge < -0.3 is 10.2 Å². The highest BCUT2D eigenvalue weighted by Gasteiger charge is 2.26. The molecule has 0 radical (unpaired) electrons. The smallest absolute Gasteiger partial charge is 0.189 e. The molecule has 0 aromatic rings. The van der Waals surface area contributed by atoms with Gasteiger partial charge in [-0.3, -0.25) is 0 Å². The number of allylic oxidation sites excluding steroid dienone is 2. The molecule has 0 fully saturated rings. The van der Waals surface area contributed by atoms with Gasteiger partial charge in [-0.2, -0.15) is 0 Å². The summed E-state index contributed by atoms with van der Waals surface area (Å²) in [6.07, 6.45) is 6.55.